The molecule has 13 aromatic carbocycles. The highest BCUT2D eigenvalue weighted by Gasteiger charge is 2.33. The minimum absolute atomic E-state index is 0.360. The number of pyridine rings is 2. The molecule has 0 N–H and O–H groups in total. The van der Waals surface area contributed by atoms with Crippen LogP contribution in [0.5, 0.6) is 0 Å². The zero-order valence-corrected chi connectivity index (χ0v) is 61.3. The lowest BCUT2D eigenvalue weighted by Crippen LogP contribution is -2.57. The number of rotatable bonds is 13. The van der Waals surface area contributed by atoms with Crippen molar-refractivity contribution in [3.63, 3.8) is 0 Å². The van der Waals surface area contributed by atoms with Crippen LogP contribution in [0.1, 0.15) is 0 Å². The van der Waals surface area contributed by atoms with Crippen molar-refractivity contribution in [1.82, 2.24) is 78.1 Å². The number of para-hydroxylation sites is 4. The summed E-state index contributed by atoms with van der Waals surface area (Å²) in [6.07, 6.45) is 3.86. The lowest BCUT2D eigenvalue weighted by molar-refractivity contribution is 1.04. The fourth-order valence-corrected chi connectivity index (χ4v) is 16.9. The maximum atomic E-state index is 5.68. The summed E-state index contributed by atoms with van der Waals surface area (Å²) in [7, 11) is 0. The predicted molar refractivity (Wildman–Crippen MR) is 463 cm³/mol. The van der Waals surface area contributed by atoms with Crippen LogP contribution in [0.25, 0.3) is 201 Å². The van der Waals surface area contributed by atoms with Gasteiger partial charge in [0.2, 0.25) is 0 Å². The topological polar surface area (TPSA) is 174 Å². The van der Waals surface area contributed by atoms with Crippen molar-refractivity contribution in [1.29, 1.82) is 0 Å². The van der Waals surface area contributed by atoms with E-state index in [1.54, 1.807) is 0 Å². The van der Waals surface area contributed by atoms with Crippen LogP contribution in [0, 0.1) is 0 Å². The fourth-order valence-electron chi connectivity index (χ4n) is 16.9. The Hall–Kier alpha value is -15.9. The van der Waals surface area contributed by atoms with E-state index in [1.165, 1.54) is 0 Å². The molecule has 0 aliphatic carbocycles. The monoisotopic (exact) mass is 1470 g/mol. The van der Waals surface area contributed by atoms with Gasteiger partial charge in [0.05, 0.1) is 55.2 Å². The molecule has 0 amide bonds. The van der Waals surface area contributed by atoms with E-state index >= 15 is 0 Å². The normalized spacial score (nSPS) is 11.8. The molecule has 10 heterocycles. The van der Waals surface area contributed by atoms with Gasteiger partial charge in [0.15, 0.2) is 34.9 Å². The minimum atomic E-state index is -0.791. The standard InChI is InChI=1S/C98H59BN16/c1-6-26-60(27-7-1)91-100-58-64-56-67(48-54-77(64)104-91)112-81-42-20-16-36-69(81)73-50-52-75-71-38-18-22-44-83(71)114(89(75)87(73)112)85-46-24-40-79(102-85)95-106-93(62-30-10-3-11-31-62)108-97(110-95)99(66-34-14-5-15-35-66)98-109-94(63-32-12-4-13-33-63)107-96(111-98)80-41-25-47-86(103-80)115-84-45-23-19-39-72(84)76-53-51-74-70-37-17-21-43-82(70)113(88(74)90(76)115)68-49-55-78-65(57-68)59-101-92(105-78)61-28-8-2-9-29-61/h1-59H. The van der Waals surface area contributed by atoms with Crippen molar-refractivity contribution in [2.45, 2.75) is 0 Å². The first-order valence-corrected chi connectivity index (χ1v) is 38.2. The maximum absolute atomic E-state index is 5.68. The highest BCUT2D eigenvalue weighted by molar-refractivity contribution is 6.93. The first-order chi connectivity index (χ1) is 57.0. The van der Waals surface area contributed by atoms with E-state index in [4.69, 9.17) is 59.8 Å². The van der Waals surface area contributed by atoms with E-state index in [1.807, 2.05) is 176 Å². The van der Waals surface area contributed by atoms with Gasteiger partial charge in [-0.05, 0) is 84.9 Å². The van der Waals surface area contributed by atoms with Gasteiger partial charge in [-0.1, -0.05) is 266 Å². The quantitative estimate of drug-likeness (QED) is 0.100. The molecule has 0 saturated carbocycles. The van der Waals surface area contributed by atoms with E-state index in [0.717, 1.165) is 148 Å². The third-order valence-electron chi connectivity index (χ3n) is 22.0. The SMILES string of the molecule is c1ccc(B(c2nc(-c3ccccc3)nc(-c3cccc(-n4c5ccccc5c5ccc6c7ccccc7n(-c7ccc8nc(-c9ccccc9)ncc8c7)c6c54)n3)n2)c2nc(-c3ccccc3)nc(-c3cccc(-n4c5ccccc5c5ccc6c7ccccc7n(-c7ccc8nc(-c9ccccc9)ncc8c7)c6c54)n3)n2)cc1. The number of hydrogen-bond donors (Lipinski definition) is 0. The molecule has 10 aromatic heterocycles. The molecular weight excluding hydrogens is 1410 g/mol. The van der Waals surface area contributed by atoms with Crippen LogP contribution in [0.15, 0.2) is 358 Å². The van der Waals surface area contributed by atoms with Crippen molar-refractivity contribution < 1.29 is 0 Å². The predicted octanol–water partition coefficient (Wildman–Crippen LogP) is 19.6. The summed E-state index contributed by atoms with van der Waals surface area (Å²) >= 11 is 0. The molecule has 0 spiro atoms. The minimum Gasteiger partial charge on any atom is -0.307 e. The van der Waals surface area contributed by atoms with Crippen LogP contribution in [0.4, 0.5) is 0 Å². The lowest BCUT2D eigenvalue weighted by Gasteiger charge is -2.16. The summed E-state index contributed by atoms with van der Waals surface area (Å²) in [6, 6.07) is 119. The third kappa shape index (κ3) is 10.8. The number of benzene rings is 13. The van der Waals surface area contributed by atoms with Crippen LogP contribution in [-0.2, 0) is 0 Å². The van der Waals surface area contributed by atoms with E-state index in [0.29, 0.717) is 69.4 Å². The number of hydrogen-bond acceptors (Lipinski definition) is 12. The highest BCUT2D eigenvalue weighted by Crippen LogP contribution is 2.45. The zero-order valence-electron chi connectivity index (χ0n) is 61.3. The van der Waals surface area contributed by atoms with Gasteiger partial charge in [0.25, 0.3) is 0 Å². The van der Waals surface area contributed by atoms with Crippen LogP contribution < -0.4 is 16.9 Å². The summed E-state index contributed by atoms with van der Waals surface area (Å²) in [6.45, 7) is -0.791. The van der Waals surface area contributed by atoms with E-state index in [-0.39, 0.29) is 0 Å². The molecule has 0 atom stereocenters. The Morgan fingerprint density at radius 2 is 0.539 bits per heavy atom. The summed E-state index contributed by atoms with van der Waals surface area (Å²) in [5, 5.41) is 10.6. The Morgan fingerprint density at radius 3 is 0.922 bits per heavy atom. The summed E-state index contributed by atoms with van der Waals surface area (Å²) in [5.41, 5.74) is 18.0. The van der Waals surface area contributed by atoms with Crippen LogP contribution in [-0.4, -0.2) is 84.8 Å². The molecule has 115 heavy (non-hydrogen) atoms. The first kappa shape index (κ1) is 65.1. The third-order valence-corrected chi connectivity index (χ3v) is 22.0. The van der Waals surface area contributed by atoms with E-state index in [9.17, 15) is 0 Å². The van der Waals surface area contributed by atoms with Crippen molar-refractivity contribution in [3.05, 3.63) is 358 Å². The Bertz CT molecular complexity index is 7420. The molecule has 17 heteroatoms. The van der Waals surface area contributed by atoms with Gasteiger partial charge in [-0.25, -0.2) is 59.8 Å². The number of aromatic nitrogens is 16. The maximum Gasteiger partial charge on any atom is 0.337 e. The molecule has 0 bridgehead atoms. The van der Waals surface area contributed by atoms with Crippen molar-refractivity contribution in [2.75, 3.05) is 0 Å². The molecule has 0 aliphatic heterocycles. The van der Waals surface area contributed by atoms with E-state index < -0.39 is 6.71 Å². The largest absolute Gasteiger partial charge is 0.337 e. The molecule has 23 rings (SSSR count). The van der Waals surface area contributed by atoms with Crippen molar-refractivity contribution >= 4 is 133 Å². The van der Waals surface area contributed by atoms with Gasteiger partial charge < -0.3 is 9.13 Å². The fraction of sp³-hybridized carbons (Fsp3) is 0. The van der Waals surface area contributed by atoms with Crippen LogP contribution in [0.3, 0.4) is 0 Å². The van der Waals surface area contributed by atoms with Gasteiger partial charge in [0, 0.05) is 99.9 Å². The average Bonchev–Trinajstić information content (AvgIpc) is 1.55. The molecular formula is C98H59BN16. The van der Waals surface area contributed by atoms with Gasteiger partial charge >= 0.3 is 6.71 Å². The van der Waals surface area contributed by atoms with Crippen molar-refractivity contribution in [2.24, 2.45) is 0 Å². The summed E-state index contributed by atoms with van der Waals surface area (Å²) in [5.74, 6) is 4.33. The molecule has 23 aromatic rings. The zero-order chi connectivity index (χ0) is 75.6. The van der Waals surface area contributed by atoms with Gasteiger partial charge in [-0.2, -0.15) is 0 Å². The van der Waals surface area contributed by atoms with E-state index in [2.05, 4.69) is 200 Å². The lowest BCUT2D eigenvalue weighted by atomic mass is 9.43. The first-order valence-electron chi connectivity index (χ1n) is 38.2. The molecule has 0 radical (unpaired) electrons. The second kappa shape index (κ2) is 26.4. The molecule has 16 nitrogen and oxygen atoms in total. The van der Waals surface area contributed by atoms with Crippen LogP contribution >= 0.6 is 0 Å². The van der Waals surface area contributed by atoms with Crippen LogP contribution in [0.2, 0.25) is 0 Å². The average molecular weight is 1470 g/mol. The second-order valence-corrected chi connectivity index (χ2v) is 28.8. The summed E-state index contributed by atoms with van der Waals surface area (Å²) < 4.78 is 9.34. The highest BCUT2D eigenvalue weighted by atomic mass is 15.1. The number of fused-ring (bicyclic) bond motifs is 16. The number of nitrogens with zero attached hydrogens (tertiary/aromatic N) is 16. The Kier molecular flexibility index (Phi) is 15.0. The molecule has 0 saturated heterocycles. The molecule has 0 aliphatic rings. The molecule has 0 fully saturated rings. The molecule has 534 valence electrons. The van der Waals surface area contributed by atoms with Gasteiger partial charge in [-0.15, -0.1) is 0 Å². The summed E-state index contributed by atoms with van der Waals surface area (Å²) in [4.78, 5) is 64.1. The smallest absolute Gasteiger partial charge is 0.307 e. The van der Waals surface area contributed by atoms with Crippen molar-refractivity contribution in [3.8, 4) is 91.6 Å². The Balaban J connectivity index is 0.694. The Labute approximate surface area is 656 Å². The Morgan fingerprint density at radius 1 is 0.217 bits per heavy atom. The van der Waals surface area contributed by atoms with Gasteiger partial charge in [-0.3, -0.25) is 9.13 Å². The van der Waals surface area contributed by atoms with Gasteiger partial charge in [0.1, 0.15) is 34.5 Å². The second-order valence-electron chi connectivity index (χ2n) is 28.8. The molecule has 0 unspecified atom stereocenters.